The largest absolute Gasteiger partial charge is 0.361 e. The molecule has 1 atom stereocenters. The van der Waals surface area contributed by atoms with E-state index >= 15 is 0 Å². The molecule has 1 aliphatic heterocycles. The number of hydrogen-bond acceptors (Lipinski definition) is 2. The minimum atomic E-state index is -0.510. The molecule has 2 nitrogen and oxygen atoms in total. The molecule has 2 aromatic carbocycles. The van der Waals surface area contributed by atoms with Crippen LogP contribution >= 0.6 is 11.6 Å². The van der Waals surface area contributed by atoms with Crippen LogP contribution in [-0.4, -0.2) is 25.5 Å². The predicted octanol–water partition coefficient (Wildman–Crippen LogP) is 4.59. The Hall–Kier alpha value is -1.42. The molecule has 0 spiro atoms. The van der Waals surface area contributed by atoms with Crippen LogP contribution in [0.3, 0.4) is 0 Å². The number of nitrogens with zero attached hydrogens (tertiary/aromatic N) is 1. The van der Waals surface area contributed by atoms with Gasteiger partial charge in [0, 0.05) is 5.02 Å². The van der Waals surface area contributed by atoms with E-state index in [2.05, 4.69) is 19.0 Å². The summed E-state index contributed by atoms with van der Waals surface area (Å²) in [7, 11) is 4.13. The van der Waals surface area contributed by atoms with Crippen molar-refractivity contribution >= 4 is 11.6 Å². The molecular formula is C19H21ClFNO. The van der Waals surface area contributed by atoms with Crippen LogP contribution in [0.4, 0.5) is 4.39 Å². The van der Waals surface area contributed by atoms with Gasteiger partial charge in [0.25, 0.3) is 0 Å². The standard InChI is InChI=1S/C19H21ClFNO/c1-22(2)11-3-10-19(15-4-7-17(21)8-5-15)18-9-6-16(20)12-14(18)13-23-19/h4-9,12H,3,10-11,13H2,1-2H3/t19-/m0/s1. The van der Waals surface area contributed by atoms with Crippen LogP contribution in [0.15, 0.2) is 42.5 Å². The maximum absolute atomic E-state index is 13.3. The van der Waals surface area contributed by atoms with E-state index in [0.717, 1.165) is 41.1 Å². The first-order valence-electron chi connectivity index (χ1n) is 7.85. The Morgan fingerprint density at radius 2 is 1.91 bits per heavy atom. The number of ether oxygens (including phenoxy) is 1. The van der Waals surface area contributed by atoms with Gasteiger partial charge in [-0.25, -0.2) is 4.39 Å². The summed E-state index contributed by atoms with van der Waals surface area (Å²) in [5.41, 5.74) is 2.75. The van der Waals surface area contributed by atoms with E-state index in [4.69, 9.17) is 16.3 Å². The molecule has 0 unspecified atom stereocenters. The molecule has 3 rings (SSSR count). The van der Waals surface area contributed by atoms with Crippen molar-refractivity contribution in [3.05, 3.63) is 70.0 Å². The summed E-state index contributed by atoms with van der Waals surface area (Å²) in [6.07, 6.45) is 1.85. The van der Waals surface area contributed by atoms with E-state index in [-0.39, 0.29) is 5.82 Å². The molecular weight excluding hydrogens is 313 g/mol. The zero-order valence-corrected chi connectivity index (χ0v) is 14.2. The van der Waals surface area contributed by atoms with E-state index in [0.29, 0.717) is 6.61 Å². The Labute approximate surface area is 141 Å². The minimum Gasteiger partial charge on any atom is -0.361 e. The van der Waals surface area contributed by atoms with Gasteiger partial charge < -0.3 is 9.64 Å². The molecule has 0 aromatic heterocycles. The molecule has 2 aromatic rings. The minimum absolute atomic E-state index is 0.230. The molecule has 1 aliphatic rings. The van der Waals surface area contributed by atoms with Gasteiger partial charge in [0.1, 0.15) is 11.4 Å². The second-order valence-electron chi connectivity index (χ2n) is 6.33. The Kier molecular flexibility index (Phi) is 4.72. The molecule has 0 fully saturated rings. The number of halogens is 2. The smallest absolute Gasteiger partial charge is 0.123 e. The van der Waals surface area contributed by atoms with E-state index in [1.165, 1.54) is 12.1 Å². The molecule has 1 heterocycles. The van der Waals surface area contributed by atoms with Crippen molar-refractivity contribution in [1.29, 1.82) is 0 Å². The van der Waals surface area contributed by atoms with Crippen molar-refractivity contribution in [3.63, 3.8) is 0 Å². The van der Waals surface area contributed by atoms with Gasteiger partial charge in [-0.15, -0.1) is 0 Å². The first kappa shape index (κ1) is 16.4. The van der Waals surface area contributed by atoms with E-state index in [1.54, 1.807) is 0 Å². The van der Waals surface area contributed by atoms with Crippen LogP contribution in [-0.2, 0) is 16.9 Å². The molecule has 4 heteroatoms. The fourth-order valence-electron chi connectivity index (χ4n) is 3.31. The lowest BCUT2D eigenvalue weighted by Crippen LogP contribution is -2.28. The van der Waals surface area contributed by atoms with Gasteiger partial charge in [0.15, 0.2) is 0 Å². The third-order valence-corrected chi connectivity index (χ3v) is 4.66. The molecule has 0 saturated carbocycles. The third kappa shape index (κ3) is 3.27. The lowest BCUT2D eigenvalue weighted by atomic mass is 9.82. The monoisotopic (exact) mass is 333 g/mol. The van der Waals surface area contributed by atoms with Crippen LogP contribution in [0.2, 0.25) is 5.02 Å². The summed E-state index contributed by atoms with van der Waals surface area (Å²) in [4.78, 5) is 2.16. The highest BCUT2D eigenvalue weighted by atomic mass is 35.5. The summed E-state index contributed by atoms with van der Waals surface area (Å²) in [6, 6.07) is 12.6. The number of fused-ring (bicyclic) bond motifs is 1. The van der Waals surface area contributed by atoms with Gasteiger partial charge in [-0.05, 0) is 74.4 Å². The summed E-state index contributed by atoms with van der Waals surface area (Å²) >= 11 is 6.12. The van der Waals surface area contributed by atoms with E-state index in [9.17, 15) is 4.39 Å². The molecule has 122 valence electrons. The number of benzene rings is 2. The Bertz CT molecular complexity index is 686. The van der Waals surface area contributed by atoms with Crippen LogP contribution in [0, 0.1) is 5.82 Å². The molecule has 0 N–H and O–H groups in total. The highest BCUT2D eigenvalue weighted by Gasteiger charge is 2.41. The van der Waals surface area contributed by atoms with Crippen molar-refractivity contribution in [1.82, 2.24) is 4.90 Å². The molecule has 0 saturated heterocycles. The topological polar surface area (TPSA) is 12.5 Å². The summed E-state index contributed by atoms with van der Waals surface area (Å²) in [5.74, 6) is -0.230. The molecule has 0 bridgehead atoms. The molecule has 23 heavy (non-hydrogen) atoms. The Morgan fingerprint density at radius 1 is 1.17 bits per heavy atom. The highest BCUT2D eigenvalue weighted by Crippen LogP contribution is 2.45. The Balaban J connectivity index is 2.00. The number of hydrogen-bond donors (Lipinski definition) is 0. The SMILES string of the molecule is CN(C)CCC[C@@]1(c2ccc(F)cc2)OCc2cc(Cl)ccc21. The first-order valence-corrected chi connectivity index (χ1v) is 8.23. The Morgan fingerprint density at radius 3 is 2.61 bits per heavy atom. The van der Waals surface area contributed by atoms with Crippen LogP contribution in [0.1, 0.15) is 29.5 Å². The fourth-order valence-corrected chi connectivity index (χ4v) is 3.50. The number of rotatable bonds is 5. The van der Waals surface area contributed by atoms with Gasteiger partial charge in [-0.3, -0.25) is 0 Å². The van der Waals surface area contributed by atoms with E-state index < -0.39 is 5.60 Å². The quantitative estimate of drug-likeness (QED) is 0.793. The lowest BCUT2D eigenvalue weighted by molar-refractivity contribution is -0.0140. The molecule has 0 amide bonds. The molecule has 0 radical (unpaired) electrons. The van der Waals surface area contributed by atoms with Crippen molar-refractivity contribution in [2.24, 2.45) is 0 Å². The van der Waals surface area contributed by atoms with Gasteiger partial charge in [-0.1, -0.05) is 29.8 Å². The van der Waals surface area contributed by atoms with Crippen LogP contribution in [0.25, 0.3) is 0 Å². The van der Waals surface area contributed by atoms with Crippen LogP contribution < -0.4 is 0 Å². The van der Waals surface area contributed by atoms with Crippen molar-refractivity contribution in [2.75, 3.05) is 20.6 Å². The summed E-state index contributed by atoms with van der Waals surface area (Å²) in [6.45, 7) is 1.52. The van der Waals surface area contributed by atoms with Gasteiger partial charge in [0.2, 0.25) is 0 Å². The maximum atomic E-state index is 13.3. The summed E-state index contributed by atoms with van der Waals surface area (Å²) < 4.78 is 19.6. The highest BCUT2D eigenvalue weighted by molar-refractivity contribution is 6.30. The summed E-state index contributed by atoms with van der Waals surface area (Å²) in [5, 5.41) is 0.718. The van der Waals surface area contributed by atoms with Gasteiger partial charge in [-0.2, -0.15) is 0 Å². The normalized spacial score (nSPS) is 20.0. The first-order chi connectivity index (χ1) is 11.0. The average Bonchev–Trinajstić information content (AvgIpc) is 2.87. The van der Waals surface area contributed by atoms with Gasteiger partial charge in [0.05, 0.1) is 6.61 Å². The van der Waals surface area contributed by atoms with Crippen molar-refractivity contribution in [2.45, 2.75) is 25.0 Å². The van der Waals surface area contributed by atoms with Crippen LogP contribution in [0.5, 0.6) is 0 Å². The second-order valence-corrected chi connectivity index (χ2v) is 6.77. The lowest BCUT2D eigenvalue weighted by Gasteiger charge is -2.31. The van der Waals surface area contributed by atoms with Crippen molar-refractivity contribution in [3.8, 4) is 0 Å². The maximum Gasteiger partial charge on any atom is 0.123 e. The second kappa shape index (κ2) is 6.60. The fraction of sp³-hybridized carbons (Fsp3) is 0.368. The zero-order chi connectivity index (χ0) is 16.4. The zero-order valence-electron chi connectivity index (χ0n) is 13.5. The van der Waals surface area contributed by atoms with Gasteiger partial charge >= 0.3 is 0 Å². The third-order valence-electron chi connectivity index (χ3n) is 4.42. The van der Waals surface area contributed by atoms with E-state index in [1.807, 2.05) is 30.3 Å². The van der Waals surface area contributed by atoms with Crippen molar-refractivity contribution < 1.29 is 9.13 Å². The predicted molar refractivity (Wildman–Crippen MR) is 91.2 cm³/mol. The average molecular weight is 334 g/mol. The molecule has 0 aliphatic carbocycles.